The Labute approximate surface area is 119 Å². The van der Waals surface area contributed by atoms with Gasteiger partial charge in [0.15, 0.2) is 0 Å². The molecule has 2 rings (SSSR count). The van der Waals surface area contributed by atoms with E-state index in [1.54, 1.807) is 7.11 Å². The van der Waals surface area contributed by atoms with Crippen molar-refractivity contribution in [3.63, 3.8) is 0 Å². The van der Waals surface area contributed by atoms with Crippen LogP contribution in [-0.2, 0) is 4.79 Å². The molecule has 1 heterocycles. The van der Waals surface area contributed by atoms with Crippen molar-refractivity contribution in [3.05, 3.63) is 29.8 Å². The lowest BCUT2D eigenvalue weighted by atomic mass is 10.0. The lowest BCUT2D eigenvalue weighted by Crippen LogP contribution is -2.30. The van der Waals surface area contributed by atoms with E-state index < -0.39 is 0 Å². The first-order valence-electron chi connectivity index (χ1n) is 6.75. The SMILES string of the molecule is COc1ccc(C2CCCN2C(=O)CCCCl)cc1. The lowest BCUT2D eigenvalue weighted by molar-refractivity contribution is -0.132. The van der Waals surface area contributed by atoms with Gasteiger partial charge in [0.2, 0.25) is 5.91 Å². The average Bonchev–Trinajstić information content (AvgIpc) is 2.94. The molecule has 19 heavy (non-hydrogen) atoms. The van der Waals surface area contributed by atoms with Crippen molar-refractivity contribution in [1.29, 1.82) is 0 Å². The van der Waals surface area contributed by atoms with Crippen LogP contribution in [-0.4, -0.2) is 30.3 Å². The second-order valence-corrected chi connectivity index (χ2v) is 5.19. The zero-order valence-electron chi connectivity index (χ0n) is 11.3. The molecule has 1 saturated heterocycles. The zero-order chi connectivity index (χ0) is 13.7. The summed E-state index contributed by atoms with van der Waals surface area (Å²) in [5, 5.41) is 0. The molecule has 1 fully saturated rings. The minimum Gasteiger partial charge on any atom is -0.497 e. The van der Waals surface area contributed by atoms with Gasteiger partial charge in [-0.15, -0.1) is 11.6 Å². The highest BCUT2D eigenvalue weighted by Gasteiger charge is 2.29. The number of hydrogen-bond donors (Lipinski definition) is 0. The van der Waals surface area contributed by atoms with E-state index >= 15 is 0 Å². The Morgan fingerprint density at radius 3 is 2.79 bits per heavy atom. The fourth-order valence-electron chi connectivity index (χ4n) is 2.60. The molecule has 1 atom stereocenters. The van der Waals surface area contributed by atoms with Crippen LogP contribution in [0.2, 0.25) is 0 Å². The smallest absolute Gasteiger partial charge is 0.223 e. The van der Waals surface area contributed by atoms with Crippen molar-refractivity contribution in [2.24, 2.45) is 0 Å². The van der Waals surface area contributed by atoms with Crippen LogP contribution < -0.4 is 4.74 Å². The van der Waals surface area contributed by atoms with Gasteiger partial charge in [-0.05, 0) is 37.0 Å². The fraction of sp³-hybridized carbons (Fsp3) is 0.533. The quantitative estimate of drug-likeness (QED) is 0.775. The van der Waals surface area contributed by atoms with Gasteiger partial charge in [0.25, 0.3) is 0 Å². The van der Waals surface area contributed by atoms with Crippen molar-refractivity contribution >= 4 is 17.5 Å². The van der Waals surface area contributed by atoms with Crippen LogP contribution in [0.15, 0.2) is 24.3 Å². The molecule has 104 valence electrons. The molecule has 1 aromatic rings. The number of carbonyl (C=O) groups excluding carboxylic acids is 1. The summed E-state index contributed by atoms with van der Waals surface area (Å²) in [6.07, 6.45) is 3.42. The Hall–Kier alpha value is -1.22. The Bertz CT molecular complexity index is 419. The molecule has 0 aliphatic carbocycles. The van der Waals surface area contributed by atoms with Crippen LogP contribution in [0, 0.1) is 0 Å². The Kier molecular flexibility index (Phi) is 5.08. The molecule has 0 aromatic heterocycles. The summed E-state index contributed by atoms with van der Waals surface area (Å²) in [6, 6.07) is 8.23. The number of methoxy groups -OCH3 is 1. The summed E-state index contributed by atoms with van der Waals surface area (Å²) < 4.78 is 5.16. The van der Waals surface area contributed by atoms with Gasteiger partial charge in [0, 0.05) is 18.8 Å². The minimum absolute atomic E-state index is 0.216. The Morgan fingerprint density at radius 1 is 1.42 bits per heavy atom. The predicted molar refractivity (Wildman–Crippen MR) is 76.6 cm³/mol. The van der Waals surface area contributed by atoms with Gasteiger partial charge < -0.3 is 9.64 Å². The van der Waals surface area contributed by atoms with E-state index in [0.29, 0.717) is 12.3 Å². The van der Waals surface area contributed by atoms with E-state index in [2.05, 4.69) is 12.1 Å². The van der Waals surface area contributed by atoms with E-state index in [4.69, 9.17) is 16.3 Å². The molecule has 1 aromatic carbocycles. The number of benzene rings is 1. The fourth-order valence-corrected chi connectivity index (χ4v) is 2.73. The number of likely N-dealkylation sites (tertiary alicyclic amines) is 1. The number of rotatable bonds is 5. The van der Waals surface area contributed by atoms with Gasteiger partial charge in [-0.1, -0.05) is 12.1 Å². The molecule has 0 bridgehead atoms. The van der Waals surface area contributed by atoms with Crippen LogP contribution in [0.4, 0.5) is 0 Å². The topological polar surface area (TPSA) is 29.5 Å². The maximum atomic E-state index is 12.2. The van der Waals surface area contributed by atoms with Gasteiger partial charge in [-0.2, -0.15) is 0 Å². The van der Waals surface area contributed by atoms with E-state index in [1.807, 2.05) is 17.0 Å². The van der Waals surface area contributed by atoms with Gasteiger partial charge in [-0.3, -0.25) is 4.79 Å². The second kappa shape index (κ2) is 6.80. The standard InChI is InChI=1S/C15H20ClNO2/c1-19-13-8-6-12(7-9-13)14-4-3-11-17(14)15(18)5-2-10-16/h6-9,14H,2-5,10-11H2,1H3. The number of carbonyl (C=O) groups is 1. The number of alkyl halides is 1. The van der Waals surface area contributed by atoms with Crippen molar-refractivity contribution < 1.29 is 9.53 Å². The highest BCUT2D eigenvalue weighted by Crippen LogP contribution is 2.33. The van der Waals surface area contributed by atoms with E-state index in [9.17, 15) is 4.79 Å². The van der Waals surface area contributed by atoms with Crippen LogP contribution in [0.3, 0.4) is 0 Å². The van der Waals surface area contributed by atoms with Crippen LogP contribution in [0.25, 0.3) is 0 Å². The highest BCUT2D eigenvalue weighted by atomic mass is 35.5. The number of nitrogens with zero attached hydrogens (tertiary/aromatic N) is 1. The van der Waals surface area contributed by atoms with Gasteiger partial charge in [0.05, 0.1) is 13.2 Å². The molecule has 0 radical (unpaired) electrons. The summed E-state index contributed by atoms with van der Waals surface area (Å²) in [5.74, 6) is 1.62. The maximum Gasteiger partial charge on any atom is 0.223 e. The third kappa shape index (κ3) is 3.41. The molecular formula is C15H20ClNO2. The summed E-state index contributed by atoms with van der Waals surface area (Å²) in [7, 11) is 1.66. The lowest BCUT2D eigenvalue weighted by Gasteiger charge is -2.25. The van der Waals surface area contributed by atoms with Gasteiger partial charge in [-0.25, -0.2) is 0 Å². The molecular weight excluding hydrogens is 262 g/mol. The largest absolute Gasteiger partial charge is 0.497 e. The molecule has 0 N–H and O–H groups in total. The van der Waals surface area contributed by atoms with Crippen molar-refractivity contribution in [2.75, 3.05) is 19.5 Å². The Morgan fingerprint density at radius 2 is 2.16 bits per heavy atom. The van der Waals surface area contributed by atoms with Crippen molar-refractivity contribution in [3.8, 4) is 5.75 Å². The molecule has 1 amide bonds. The van der Waals surface area contributed by atoms with Gasteiger partial charge in [0.1, 0.15) is 5.75 Å². The van der Waals surface area contributed by atoms with Crippen LogP contribution >= 0.6 is 11.6 Å². The van der Waals surface area contributed by atoms with Gasteiger partial charge >= 0.3 is 0 Å². The van der Waals surface area contributed by atoms with E-state index in [-0.39, 0.29) is 11.9 Å². The summed E-state index contributed by atoms with van der Waals surface area (Å²) in [6.45, 7) is 0.859. The normalized spacial score (nSPS) is 18.6. The molecule has 3 nitrogen and oxygen atoms in total. The maximum absolute atomic E-state index is 12.2. The molecule has 4 heteroatoms. The zero-order valence-corrected chi connectivity index (χ0v) is 12.0. The first-order chi connectivity index (χ1) is 9.26. The molecule has 0 saturated carbocycles. The number of amides is 1. The number of halogens is 1. The predicted octanol–water partition coefficient (Wildman–Crippen LogP) is 3.38. The molecule has 0 spiro atoms. The molecule has 1 unspecified atom stereocenters. The first-order valence-corrected chi connectivity index (χ1v) is 7.29. The summed E-state index contributed by atoms with van der Waals surface area (Å²) in [4.78, 5) is 14.1. The van der Waals surface area contributed by atoms with Crippen molar-refractivity contribution in [1.82, 2.24) is 4.90 Å². The second-order valence-electron chi connectivity index (χ2n) is 4.81. The van der Waals surface area contributed by atoms with Crippen LogP contribution in [0.5, 0.6) is 5.75 Å². The highest BCUT2D eigenvalue weighted by molar-refractivity contribution is 6.17. The minimum atomic E-state index is 0.216. The van der Waals surface area contributed by atoms with E-state index in [1.165, 1.54) is 5.56 Å². The Balaban J connectivity index is 2.06. The van der Waals surface area contributed by atoms with E-state index in [0.717, 1.165) is 31.6 Å². The van der Waals surface area contributed by atoms with Crippen molar-refractivity contribution in [2.45, 2.75) is 31.7 Å². The van der Waals surface area contributed by atoms with Crippen LogP contribution in [0.1, 0.15) is 37.3 Å². The monoisotopic (exact) mass is 281 g/mol. The number of ether oxygens (including phenoxy) is 1. The first kappa shape index (κ1) is 14.2. The third-order valence-electron chi connectivity index (χ3n) is 3.60. The number of hydrogen-bond acceptors (Lipinski definition) is 2. The third-order valence-corrected chi connectivity index (χ3v) is 3.87. The summed E-state index contributed by atoms with van der Waals surface area (Å²) in [5.41, 5.74) is 1.19. The molecule has 1 aliphatic rings. The summed E-state index contributed by atoms with van der Waals surface area (Å²) >= 11 is 5.65. The molecule has 1 aliphatic heterocycles. The average molecular weight is 282 g/mol.